The Labute approximate surface area is 159 Å². The van der Waals surface area contributed by atoms with Crippen molar-refractivity contribution in [2.45, 2.75) is 26.4 Å². The molecule has 9 heteroatoms. The van der Waals surface area contributed by atoms with Crippen LogP contribution in [0.15, 0.2) is 18.2 Å². The fraction of sp³-hybridized carbons (Fsp3) is 0.556. The molecule has 150 valence electrons. The van der Waals surface area contributed by atoms with Crippen LogP contribution in [-0.4, -0.2) is 40.0 Å². The Morgan fingerprint density at radius 1 is 1.07 bits per heavy atom. The Bertz CT molecular complexity index is 706. The van der Waals surface area contributed by atoms with Crippen LogP contribution in [0.3, 0.4) is 0 Å². The van der Waals surface area contributed by atoms with Gasteiger partial charge in [-0.3, -0.25) is 9.36 Å². The van der Waals surface area contributed by atoms with Gasteiger partial charge in [0, 0.05) is 0 Å². The van der Waals surface area contributed by atoms with Crippen LogP contribution in [0.4, 0.5) is 0 Å². The van der Waals surface area contributed by atoms with Gasteiger partial charge in [-0.15, -0.1) is 0 Å². The third-order valence-electron chi connectivity index (χ3n) is 3.70. The van der Waals surface area contributed by atoms with Crippen molar-refractivity contribution >= 4 is 13.6 Å². The number of carbonyl (C=O) groups excluding carboxylic acids is 1. The first-order chi connectivity index (χ1) is 12.9. The lowest BCUT2D eigenvalue weighted by Gasteiger charge is -2.29. The Kier molecular flexibility index (Phi) is 9.30. The summed E-state index contributed by atoms with van der Waals surface area (Å²) < 4.78 is 39.9. The minimum atomic E-state index is -3.88. The van der Waals surface area contributed by atoms with Crippen molar-refractivity contribution in [1.82, 2.24) is 0 Å². The lowest BCUT2D eigenvalue weighted by molar-refractivity contribution is -0.146. The third-order valence-corrected chi connectivity index (χ3v) is 6.22. The largest absolute Gasteiger partial charge is 0.493 e. The summed E-state index contributed by atoms with van der Waals surface area (Å²) in [7, 11) is -0.939. The molecule has 27 heavy (non-hydrogen) atoms. The van der Waals surface area contributed by atoms with Gasteiger partial charge in [-0.25, -0.2) is 0 Å². The molecule has 0 spiro atoms. The minimum absolute atomic E-state index is 0.0854. The van der Waals surface area contributed by atoms with Crippen LogP contribution in [0.5, 0.6) is 11.5 Å². The van der Waals surface area contributed by atoms with Gasteiger partial charge in [0.2, 0.25) is 0 Å². The van der Waals surface area contributed by atoms with E-state index in [1.807, 2.05) is 6.07 Å². The number of methoxy groups -OCH3 is 2. The Balaban J connectivity index is 3.60. The van der Waals surface area contributed by atoms with E-state index in [1.54, 1.807) is 39.0 Å². The predicted molar refractivity (Wildman–Crippen MR) is 98.9 cm³/mol. The van der Waals surface area contributed by atoms with Gasteiger partial charge in [0.05, 0.1) is 40.1 Å². The van der Waals surface area contributed by atoms with Gasteiger partial charge in [-0.2, -0.15) is 5.26 Å². The van der Waals surface area contributed by atoms with Crippen LogP contribution in [0.2, 0.25) is 0 Å². The van der Waals surface area contributed by atoms with Crippen LogP contribution in [0.1, 0.15) is 32.0 Å². The first-order valence-electron chi connectivity index (χ1n) is 8.59. The molecule has 8 nitrogen and oxygen atoms in total. The van der Waals surface area contributed by atoms with E-state index in [9.17, 15) is 14.6 Å². The average Bonchev–Trinajstić information content (AvgIpc) is 2.65. The van der Waals surface area contributed by atoms with E-state index in [4.69, 9.17) is 23.3 Å². The van der Waals surface area contributed by atoms with E-state index in [2.05, 4.69) is 0 Å². The normalized spacial score (nSPS) is 13.3. The van der Waals surface area contributed by atoms with Crippen LogP contribution in [-0.2, 0) is 23.1 Å². The van der Waals surface area contributed by atoms with Gasteiger partial charge in [-0.1, -0.05) is 6.07 Å². The highest BCUT2D eigenvalue weighted by atomic mass is 31.2. The highest BCUT2D eigenvalue weighted by Gasteiger charge is 2.46. The van der Waals surface area contributed by atoms with Crippen molar-refractivity contribution in [2.75, 3.05) is 34.0 Å². The van der Waals surface area contributed by atoms with Gasteiger partial charge in [0.25, 0.3) is 0 Å². The maximum absolute atomic E-state index is 13.5. The standard InChI is InChI=1S/C18H26NO7P/c1-6-24-18(20)14(12-19)17(27(21,25-7-2)26-8-3)13-9-10-15(22-4)16(11-13)23-5/h9-11,14,17H,6-8H2,1-5H3. The second-order valence-corrected chi connectivity index (χ2v) is 7.45. The minimum Gasteiger partial charge on any atom is -0.493 e. The number of nitriles is 1. The summed E-state index contributed by atoms with van der Waals surface area (Å²) in [5.41, 5.74) is -0.793. The van der Waals surface area contributed by atoms with Crippen LogP contribution >= 0.6 is 7.60 Å². The molecule has 2 atom stereocenters. The maximum atomic E-state index is 13.5. The molecule has 0 heterocycles. The highest BCUT2D eigenvalue weighted by Crippen LogP contribution is 2.64. The molecule has 1 rings (SSSR count). The molecule has 1 aromatic rings. The van der Waals surface area contributed by atoms with E-state index in [-0.39, 0.29) is 19.8 Å². The van der Waals surface area contributed by atoms with Crippen molar-refractivity contribution in [3.8, 4) is 17.6 Å². The third kappa shape index (κ3) is 5.46. The molecule has 0 aliphatic rings. The first-order valence-corrected chi connectivity index (χ1v) is 10.2. The van der Waals surface area contributed by atoms with Crippen LogP contribution < -0.4 is 9.47 Å². The van der Waals surface area contributed by atoms with E-state index in [0.717, 1.165) is 0 Å². The maximum Gasteiger partial charge on any atom is 0.340 e. The molecule has 0 saturated carbocycles. The summed E-state index contributed by atoms with van der Waals surface area (Å²) in [6.07, 6.45) is 0. The molecular formula is C18H26NO7P. The topological polar surface area (TPSA) is 104 Å². The van der Waals surface area contributed by atoms with Crippen molar-refractivity contribution in [3.05, 3.63) is 23.8 Å². The molecule has 0 radical (unpaired) electrons. The molecule has 0 fully saturated rings. The molecular weight excluding hydrogens is 373 g/mol. The second-order valence-electron chi connectivity index (χ2n) is 5.29. The Morgan fingerprint density at radius 3 is 2.11 bits per heavy atom. The zero-order valence-electron chi connectivity index (χ0n) is 16.3. The highest BCUT2D eigenvalue weighted by molar-refractivity contribution is 7.54. The molecule has 0 aliphatic carbocycles. The van der Waals surface area contributed by atoms with Crippen molar-refractivity contribution in [2.24, 2.45) is 5.92 Å². The first kappa shape index (κ1) is 23.0. The van der Waals surface area contributed by atoms with E-state index < -0.39 is 25.1 Å². The summed E-state index contributed by atoms with van der Waals surface area (Å²) >= 11 is 0. The van der Waals surface area contributed by atoms with Gasteiger partial charge in [0.15, 0.2) is 17.4 Å². The number of benzene rings is 1. The van der Waals surface area contributed by atoms with E-state index in [0.29, 0.717) is 17.1 Å². The number of rotatable bonds is 11. The lowest BCUT2D eigenvalue weighted by atomic mass is 9.99. The number of esters is 1. The van der Waals surface area contributed by atoms with Crippen LogP contribution in [0, 0.1) is 17.2 Å². The molecule has 0 amide bonds. The molecule has 0 N–H and O–H groups in total. The molecule has 1 aromatic carbocycles. The number of nitrogens with zero attached hydrogens (tertiary/aromatic N) is 1. The zero-order valence-corrected chi connectivity index (χ0v) is 17.2. The molecule has 2 unspecified atom stereocenters. The zero-order chi connectivity index (χ0) is 20.4. The number of ether oxygens (including phenoxy) is 3. The average molecular weight is 399 g/mol. The van der Waals surface area contributed by atoms with E-state index >= 15 is 0 Å². The van der Waals surface area contributed by atoms with Crippen molar-refractivity contribution in [3.63, 3.8) is 0 Å². The Morgan fingerprint density at radius 2 is 1.67 bits per heavy atom. The predicted octanol–water partition coefficient (Wildman–Crippen LogP) is 3.71. The fourth-order valence-electron chi connectivity index (χ4n) is 2.64. The fourth-order valence-corrected chi connectivity index (χ4v) is 4.83. The quantitative estimate of drug-likeness (QED) is 0.410. The second kappa shape index (κ2) is 10.9. The van der Waals surface area contributed by atoms with Crippen molar-refractivity contribution < 1.29 is 32.6 Å². The summed E-state index contributed by atoms with van der Waals surface area (Å²) in [6.45, 7) is 5.20. The van der Waals surface area contributed by atoms with Gasteiger partial charge >= 0.3 is 13.6 Å². The van der Waals surface area contributed by atoms with Gasteiger partial charge < -0.3 is 23.3 Å². The smallest absolute Gasteiger partial charge is 0.340 e. The molecule has 0 aliphatic heterocycles. The Hall–Kier alpha value is -2.07. The summed E-state index contributed by atoms with van der Waals surface area (Å²) in [4.78, 5) is 12.4. The lowest BCUT2D eigenvalue weighted by Crippen LogP contribution is -2.25. The molecule has 0 bridgehead atoms. The molecule has 0 saturated heterocycles. The molecule has 0 aromatic heterocycles. The SMILES string of the molecule is CCOC(=O)C(C#N)C(c1ccc(OC)c(OC)c1)P(=O)(OCC)OCC. The van der Waals surface area contributed by atoms with E-state index in [1.165, 1.54) is 14.2 Å². The number of hydrogen-bond donors (Lipinski definition) is 0. The summed E-state index contributed by atoms with van der Waals surface area (Å²) in [5.74, 6) is -1.36. The van der Waals surface area contributed by atoms with Gasteiger partial charge in [0.1, 0.15) is 5.66 Å². The monoisotopic (exact) mass is 399 g/mol. The number of carbonyl (C=O) groups is 1. The summed E-state index contributed by atoms with van der Waals surface area (Å²) in [6, 6.07) is 6.65. The van der Waals surface area contributed by atoms with Crippen LogP contribution in [0.25, 0.3) is 0 Å². The van der Waals surface area contributed by atoms with Crippen molar-refractivity contribution in [1.29, 1.82) is 5.26 Å². The van der Waals surface area contributed by atoms with Gasteiger partial charge in [-0.05, 0) is 38.5 Å². The number of hydrogen-bond acceptors (Lipinski definition) is 8. The summed E-state index contributed by atoms with van der Waals surface area (Å²) in [5, 5.41) is 9.64.